The van der Waals surface area contributed by atoms with Crippen molar-refractivity contribution in [2.45, 2.75) is 38.8 Å². The summed E-state index contributed by atoms with van der Waals surface area (Å²) in [4.78, 5) is 11.8. The maximum atomic E-state index is 11.8. The molecule has 1 atom stereocenters. The third-order valence-corrected chi connectivity index (χ3v) is 4.03. The van der Waals surface area contributed by atoms with Crippen LogP contribution in [0.15, 0.2) is 18.2 Å². The number of benzene rings is 1. The van der Waals surface area contributed by atoms with Gasteiger partial charge in [-0.2, -0.15) is 0 Å². The molecule has 1 saturated carbocycles. The van der Waals surface area contributed by atoms with Gasteiger partial charge in [0.25, 0.3) is 0 Å². The molecule has 0 saturated heterocycles. The lowest BCUT2D eigenvalue weighted by atomic mass is 10.2. The number of aryl methyl sites for hydroxylation is 1. The topological polar surface area (TPSA) is 41.1 Å². The van der Waals surface area contributed by atoms with Gasteiger partial charge in [-0.25, -0.2) is 0 Å². The number of carbonyl (C=O) groups excluding carboxylic acids is 1. The van der Waals surface area contributed by atoms with E-state index in [1.54, 1.807) is 0 Å². The lowest BCUT2D eigenvalue weighted by Crippen LogP contribution is -2.38. The first-order chi connectivity index (χ1) is 8.06. The van der Waals surface area contributed by atoms with Crippen LogP contribution in [0.2, 0.25) is 0 Å². The SMILES string of the molecule is Cc1ccc(N[C@H](C)C(=O)NC2CC2)cc1I. The van der Waals surface area contributed by atoms with Gasteiger partial charge in [0.05, 0.1) is 0 Å². The van der Waals surface area contributed by atoms with Crippen LogP contribution >= 0.6 is 22.6 Å². The van der Waals surface area contributed by atoms with E-state index >= 15 is 0 Å². The Hall–Kier alpha value is -0.780. The average molecular weight is 344 g/mol. The predicted octanol–water partition coefficient (Wildman–Crippen LogP) is 2.68. The fourth-order valence-electron chi connectivity index (χ4n) is 1.55. The molecule has 17 heavy (non-hydrogen) atoms. The summed E-state index contributed by atoms with van der Waals surface area (Å²) in [5, 5.41) is 6.22. The van der Waals surface area contributed by atoms with Crippen molar-refractivity contribution in [1.82, 2.24) is 5.32 Å². The van der Waals surface area contributed by atoms with E-state index in [9.17, 15) is 4.79 Å². The zero-order valence-corrected chi connectivity index (χ0v) is 12.2. The van der Waals surface area contributed by atoms with Gasteiger partial charge in [0.1, 0.15) is 6.04 Å². The lowest BCUT2D eigenvalue weighted by molar-refractivity contribution is -0.121. The summed E-state index contributed by atoms with van der Waals surface area (Å²) in [6.07, 6.45) is 2.25. The third-order valence-electron chi connectivity index (χ3n) is 2.87. The normalized spacial score (nSPS) is 16.4. The van der Waals surface area contributed by atoms with Gasteiger partial charge in [-0.1, -0.05) is 6.07 Å². The Balaban J connectivity index is 1.94. The fraction of sp³-hybridized carbons (Fsp3) is 0.462. The number of nitrogens with one attached hydrogen (secondary N) is 2. The van der Waals surface area contributed by atoms with Crippen molar-refractivity contribution in [2.75, 3.05) is 5.32 Å². The minimum Gasteiger partial charge on any atom is -0.374 e. The molecule has 0 aliphatic heterocycles. The number of halogens is 1. The van der Waals surface area contributed by atoms with Gasteiger partial charge in [-0.15, -0.1) is 0 Å². The summed E-state index contributed by atoms with van der Waals surface area (Å²) in [7, 11) is 0. The first-order valence-electron chi connectivity index (χ1n) is 5.89. The molecule has 1 fully saturated rings. The highest BCUT2D eigenvalue weighted by molar-refractivity contribution is 14.1. The van der Waals surface area contributed by atoms with E-state index in [1.165, 1.54) is 9.13 Å². The van der Waals surface area contributed by atoms with Crippen LogP contribution in [0.1, 0.15) is 25.3 Å². The van der Waals surface area contributed by atoms with Crippen molar-refractivity contribution in [3.8, 4) is 0 Å². The van der Waals surface area contributed by atoms with E-state index in [1.807, 2.05) is 13.0 Å². The zero-order chi connectivity index (χ0) is 12.4. The molecule has 1 aromatic rings. The number of anilines is 1. The van der Waals surface area contributed by atoms with Gasteiger partial charge >= 0.3 is 0 Å². The summed E-state index contributed by atoms with van der Waals surface area (Å²) in [6.45, 7) is 3.97. The van der Waals surface area contributed by atoms with E-state index in [0.717, 1.165) is 18.5 Å². The van der Waals surface area contributed by atoms with Crippen molar-refractivity contribution >= 4 is 34.2 Å². The second-order valence-corrected chi connectivity index (χ2v) is 5.78. The van der Waals surface area contributed by atoms with Crippen molar-refractivity contribution < 1.29 is 4.79 Å². The Bertz CT molecular complexity index is 429. The van der Waals surface area contributed by atoms with Crippen LogP contribution in [0, 0.1) is 10.5 Å². The Kier molecular flexibility index (Phi) is 3.91. The molecule has 1 amide bonds. The number of hydrogen-bond donors (Lipinski definition) is 2. The fourth-order valence-corrected chi connectivity index (χ4v) is 2.07. The minimum atomic E-state index is -0.186. The maximum absolute atomic E-state index is 11.8. The monoisotopic (exact) mass is 344 g/mol. The smallest absolute Gasteiger partial charge is 0.242 e. The van der Waals surface area contributed by atoms with Crippen LogP contribution in [0.25, 0.3) is 0 Å². The second-order valence-electron chi connectivity index (χ2n) is 4.61. The Morgan fingerprint density at radius 3 is 2.76 bits per heavy atom. The van der Waals surface area contributed by atoms with Crippen LogP contribution < -0.4 is 10.6 Å². The Morgan fingerprint density at radius 2 is 2.18 bits per heavy atom. The molecule has 2 rings (SSSR count). The van der Waals surface area contributed by atoms with Crippen molar-refractivity contribution in [2.24, 2.45) is 0 Å². The standard InChI is InChI=1S/C13H17IN2O/c1-8-3-4-11(7-12(8)14)15-9(2)13(17)16-10-5-6-10/h3-4,7,9-10,15H,5-6H2,1-2H3,(H,16,17)/t9-/m1/s1. The quantitative estimate of drug-likeness (QED) is 0.825. The highest BCUT2D eigenvalue weighted by Crippen LogP contribution is 2.20. The molecule has 0 radical (unpaired) electrons. The van der Waals surface area contributed by atoms with Crippen LogP contribution in [-0.2, 0) is 4.79 Å². The largest absolute Gasteiger partial charge is 0.374 e. The number of amides is 1. The molecule has 1 aromatic carbocycles. The average Bonchev–Trinajstić information content (AvgIpc) is 3.07. The molecule has 92 valence electrons. The lowest BCUT2D eigenvalue weighted by Gasteiger charge is -2.15. The van der Waals surface area contributed by atoms with Gasteiger partial charge < -0.3 is 10.6 Å². The first kappa shape index (κ1) is 12.7. The summed E-state index contributed by atoms with van der Waals surface area (Å²) in [5.41, 5.74) is 2.25. The third kappa shape index (κ3) is 3.59. The highest BCUT2D eigenvalue weighted by Gasteiger charge is 2.25. The molecule has 4 heteroatoms. The molecule has 1 aliphatic carbocycles. The Morgan fingerprint density at radius 1 is 1.47 bits per heavy atom. The number of hydrogen-bond acceptors (Lipinski definition) is 2. The number of carbonyl (C=O) groups is 1. The molecular formula is C13H17IN2O. The summed E-state index contributed by atoms with van der Waals surface area (Å²) in [5.74, 6) is 0.0862. The van der Waals surface area contributed by atoms with Gasteiger partial charge in [-0.3, -0.25) is 4.79 Å². The van der Waals surface area contributed by atoms with E-state index < -0.39 is 0 Å². The molecule has 0 unspecified atom stereocenters. The second kappa shape index (κ2) is 5.25. The van der Waals surface area contributed by atoms with Crippen LogP contribution in [0.4, 0.5) is 5.69 Å². The molecule has 0 bridgehead atoms. The minimum absolute atomic E-state index is 0.0862. The van der Waals surface area contributed by atoms with Crippen molar-refractivity contribution in [3.05, 3.63) is 27.3 Å². The maximum Gasteiger partial charge on any atom is 0.242 e. The van der Waals surface area contributed by atoms with Crippen molar-refractivity contribution in [1.29, 1.82) is 0 Å². The van der Waals surface area contributed by atoms with E-state index in [-0.39, 0.29) is 11.9 Å². The number of rotatable bonds is 4. The molecule has 2 N–H and O–H groups in total. The Labute approximate surface area is 116 Å². The van der Waals surface area contributed by atoms with E-state index in [2.05, 4.69) is 52.3 Å². The summed E-state index contributed by atoms with van der Waals surface area (Å²) < 4.78 is 1.21. The zero-order valence-electron chi connectivity index (χ0n) is 10.1. The van der Waals surface area contributed by atoms with Gasteiger partial charge in [0.15, 0.2) is 0 Å². The molecule has 0 aromatic heterocycles. The first-order valence-corrected chi connectivity index (χ1v) is 6.97. The highest BCUT2D eigenvalue weighted by atomic mass is 127. The molecular weight excluding hydrogens is 327 g/mol. The molecule has 1 aliphatic rings. The van der Waals surface area contributed by atoms with E-state index in [4.69, 9.17) is 0 Å². The van der Waals surface area contributed by atoms with Crippen LogP contribution in [0.5, 0.6) is 0 Å². The molecule has 0 heterocycles. The predicted molar refractivity (Wildman–Crippen MR) is 78.1 cm³/mol. The van der Waals surface area contributed by atoms with E-state index in [0.29, 0.717) is 6.04 Å². The van der Waals surface area contributed by atoms with Crippen LogP contribution in [-0.4, -0.2) is 18.0 Å². The van der Waals surface area contributed by atoms with Gasteiger partial charge in [-0.05, 0) is 67.0 Å². The summed E-state index contributed by atoms with van der Waals surface area (Å²) >= 11 is 2.30. The van der Waals surface area contributed by atoms with Gasteiger partial charge in [0, 0.05) is 15.3 Å². The summed E-state index contributed by atoms with van der Waals surface area (Å²) in [6, 6.07) is 6.38. The van der Waals surface area contributed by atoms with Gasteiger partial charge in [0.2, 0.25) is 5.91 Å². The molecule has 3 nitrogen and oxygen atoms in total. The van der Waals surface area contributed by atoms with Crippen molar-refractivity contribution in [3.63, 3.8) is 0 Å². The molecule has 0 spiro atoms. The van der Waals surface area contributed by atoms with Crippen LogP contribution in [0.3, 0.4) is 0 Å².